The number of anilines is 1. The van der Waals surface area contributed by atoms with E-state index in [4.69, 9.17) is 4.74 Å². The molecule has 126 valence electrons. The Kier molecular flexibility index (Phi) is 4.99. The first-order chi connectivity index (χ1) is 11.6. The van der Waals surface area contributed by atoms with Gasteiger partial charge in [0.2, 0.25) is 0 Å². The second kappa shape index (κ2) is 7.34. The monoisotopic (exact) mass is 325 g/mol. The van der Waals surface area contributed by atoms with Crippen LogP contribution in [0.25, 0.3) is 0 Å². The van der Waals surface area contributed by atoms with Crippen LogP contribution in [0.2, 0.25) is 0 Å². The molecule has 1 amide bonds. The summed E-state index contributed by atoms with van der Waals surface area (Å²) in [5.74, 6) is 1.79. The molecule has 3 rings (SSSR count). The number of ether oxygens (including phenoxy) is 1. The fourth-order valence-electron chi connectivity index (χ4n) is 2.73. The topological polar surface area (TPSA) is 45.7 Å². The minimum Gasteiger partial charge on any atom is -0.489 e. The molecule has 1 aliphatic rings. The Balaban J connectivity index is 1.57. The lowest BCUT2D eigenvalue weighted by molar-refractivity contribution is 0.0793. The number of amides is 1. The number of nitrogens with zero attached hydrogens (tertiary/aromatic N) is 3. The van der Waals surface area contributed by atoms with E-state index in [1.807, 2.05) is 66.5 Å². The van der Waals surface area contributed by atoms with Crippen molar-refractivity contribution in [2.24, 2.45) is 0 Å². The van der Waals surface area contributed by atoms with Crippen molar-refractivity contribution in [3.05, 3.63) is 53.7 Å². The summed E-state index contributed by atoms with van der Waals surface area (Å²) in [4.78, 5) is 20.5. The standard InChI is InChI=1S/C19H23N3O2/c1-21(2)18-10-5-15(13-20-18)14-24-17-8-6-16(7-9-17)19(23)22-11-3-4-12-22/h5-10,13H,3-4,11-12,14H2,1-2H3. The highest BCUT2D eigenvalue weighted by molar-refractivity contribution is 5.94. The molecule has 0 N–H and O–H groups in total. The zero-order valence-electron chi connectivity index (χ0n) is 14.2. The van der Waals surface area contributed by atoms with Gasteiger partial charge in [-0.05, 0) is 43.2 Å². The molecule has 0 spiro atoms. The van der Waals surface area contributed by atoms with Gasteiger partial charge in [0.15, 0.2) is 0 Å². The molecule has 1 aromatic carbocycles. The molecule has 2 heterocycles. The third-order valence-corrected chi connectivity index (χ3v) is 4.17. The highest BCUT2D eigenvalue weighted by Gasteiger charge is 2.19. The first-order valence-electron chi connectivity index (χ1n) is 8.28. The second-order valence-electron chi connectivity index (χ2n) is 6.23. The van der Waals surface area contributed by atoms with Gasteiger partial charge < -0.3 is 14.5 Å². The molecule has 1 saturated heterocycles. The number of likely N-dealkylation sites (tertiary alicyclic amines) is 1. The smallest absolute Gasteiger partial charge is 0.253 e. The maximum atomic E-state index is 12.3. The van der Waals surface area contributed by atoms with Crippen LogP contribution in [0.3, 0.4) is 0 Å². The maximum Gasteiger partial charge on any atom is 0.253 e. The minimum atomic E-state index is 0.113. The van der Waals surface area contributed by atoms with Gasteiger partial charge in [-0.25, -0.2) is 4.98 Å². The normalized spacial score (nSPS) is 13.8. The lowest BCUT2D eigenvalue weighted by Crippen LogP contribution is -2.27. The zero-order chi connectivity index (χ0) is 16.9. The van der Waals surface area contributed by atoms with Crippen LogP contribution in [-0.2, 0) is 6.61 Å². The maximum absolute atomic E-state index is 12.3. The quantitative estimate of drug-likeness (QED) is 0.848. The van der Waals surface area contributed by atoms with Crippen molar-refractivity contribution >= 4 is 11.7 Å². The predicted octanol–water partition coefficient (Wildman–Crippen LogP) is 2.96. The van der Waals surface area contributed by atoms with Gasteiger partial charge in [0.05, 0.1) is 0 Å². The van der Waals surface area contributed by atoms with Gasteiger partial charge >= 0.3 is 0 Å². The molecule has 1 fully saturated rings. The zero-order valence-corrected chi connectivity index (χ0v) is 14.2. The molecule has 2 aromatic rings. The van der Waals surface area contributed by atoms with E-state index < -0.39 is 0 Å². The van der Waals surface area contributed by atoms with E-state index in [0.717, 1.165) is 48.6 Å². The number of pyridine rings is 1. The molecule has 0 aliphatic carbocycles. The number of benzene rings is 1. The van der Waals surface area contributed by atoms with Gasteiger partial charge in [-0.3, -0.25) is 4.79 Å². The minimum absolute atomic E-state index is 0.113. The molecule has 0 bridgehead atoms. The van der Waals surface area contributed by atoms with E-state index in [1.54, 1.807) is 0 Å². The van der Waals surface area contributed by atoms with Crippen molar-refractivity contribution in [3.8, 4) is 5.75 Å². The molecular weight excluding hydrogens is 302 g/mol. The molecule has 0 radical (unpaired) electrons. The van der Waals surface area contributed by atoms with E-state index in [0.29, 0.717) is 6.61 Å². The Bertz CT molecular complexity index is 675. The number of carbonyl (C=O) groups is 1. The van der Waals surface area contributed by atoms with Crippen molar-refractivity contribution < 1.29 is 9.53 Å². The highest BCUT2D eigenvalue weighted by atomic mass is 16.5. The van der Waals surface area contributed by atoms with Crippen LogP contribution in [-0.4, -0.2) is 43.0 Å². The molecule has 0 atom stereocenters. The van der Waals surface area contributed by atoms with Crippen LogP contribution in [0, 0.1) is 0 Å². The Hall–Kier alpha value is -2.56. The summed E-state index contributed by atoms with van der Waals surface area (Å²) in [5, 5.41) is 0. The average molecular weight is 325 g/mol. The summed E-state index contributed by atoms with van der Waals surface area (Å²) in [6.45, 7) is 2.19. The van der Waals surface area contributed by atoms with Crippen molar-refractivity contribution in [1.82, 2.24) is 9.88 Å². The first-order valence-corrected chi connectivity index (χ1v) is 8.28. The fourth-order valence-corrected chi connectivity index (χ4v) is 2.73. The van der Waals surface area contributed by atoms with Gasteiger partial charge in [0, 0.05) is 44.5 Å². The van der Waals surface area contributed by atoms with Crippen molar-refractivity contribution in [3.63, 3.8) is 0 Å². The van der Waals surface area contributed by atoms with Crippen LogP contribution in [0.1, 0.15) is 28.8 Å². The van der Waals surface area contributed by atoms with E-state index >= 15 is 0 Å². The van der Waals surface area contributed by atoms with Crippen LogP contribution < -0.4 is 9.64 Å². The van der Waals surface area contributed by atoms with Crippen LogP contribution in [0.5, 0.6) is 5.75 Å². The molecule has 1 aromatic heterocycles. The molecular formula is C19H23N3O2. The van der Waals surface area contributed by atoms with Crippen molar-refractivity contribution in [1.29, 1.82) is 0 Å². The van der Waals surface area contributed by atoms with E-state index in [-0.39, 0.29) is 5.91 Å². The second-order valence-corrected chi connectivity index (χ2v) is 6.23. The first kappa shape index (κ1) is 16.3. The molecule has 24 heavy (non-hydrogen) atoms. The number of hydrogen-bond acceptors (Lipinski definition) is 4. The average Bonchev–Trinajstić information content (AvgIpc) is 3.15. The molecule has 0 saturated carbocycles. The van der Waals surface area contributed by atoms with Gasteiger partial charge in [0.1, 0.15) is 18.2 Å². The van der Waals surface area contributed by atoms with Crippen LogP contribution >= 0.6 is 0 Å². The molecule has 1 aliphatic heterocycles. The number of rotatable bonds is 5. The van der Waals surface area contributed by atoms with Gasteiger partial charge in [-0.15, -0.1) is 0 Å². The van der Waals surface area contributed by atoms with Crippen LogP contribution in [0.4, 0.5) is 5.82 Å². The highest BCUT2D eigenvalue weighted by Crippen LogP contribution is 2.18. The Morgan fingerprint density at radius 2 is 1.83 bits per heavy atom. The summed E-state index contributed by atoms with van der Waals surface area (Å²) in [7, 11) is 3.92. The predicted molar refractivity (Wildman–Crippen MR) is 94.5 cm³/mol. The van der Waals surface area contributed by atoms with E-state index in [2.05, 4.69) is 4.98 Å². The number of carbonyl (C=O) groups excluding carboxylic acids is 1. The van der Waals surface area contributed by atoms with Crippen molar-refractivity contribution in [2.45, 2.75) is 19.4 Å². The molecule has 5 heteroatoms. The third kappa shape index (κ3) is 3.85. The lowest BCUT2D eigenvalue weighted by atomic mass is 10.2. The number of hydrogen-bond donors (Lipinski definition) is 0. The molecule has 5 nitrogen and oxygen atoms in total. The Morgan fingerprint density at radius 3 is 2.42 bits per heavy atom. The largest absolute Gasteiger partial charge is 0.489 e. The van der Waals surface area contributed by atoms with E-state index in [9.17, 15) is 4.79 Å². The number of aromatic nitrogens is 1. The summed E-state index contributed by atoms with van der Waals surface area (Å²) in [6.07, 6.45) is 4.03. The van der Waals surface area contributed by atoms with Crippen molar-refractivity contribution in [2.75, 3.05) is 32.1 Å². The van der Waals surface area contributed by atoms with Gasteiger partial charge in [-0.1, -0.05) is 6.07 Å². The summed E-state index contributed by atoms with van der Waals surface area (Å²) in [5.41, 5.74) is 1.74. The Labute approximate surface area is 142 Å². The Morgan fingerprint density at radius 1 is 1.12 bits per heavy atom. The lowest BCUT2D eigenvalue weighted by Gasteiger charge is -2.15. The fraction of sp³-hybridized carbons (Fsp3) is 0.368. The van der Waals surface area contributed by atoms with E-state index in [1.165, 1.54) is 0 Å². The van der Waals surface area contributed by atoms with Crippen LogP contribution in [0.15, 0.2) is 42.6 Å². The summed E-state index contributed by atoms with van der Waals surface area (Å²) >= 11 is 0. The van der Waals surface area contributed by atoms with Gasteiger partial charge in [0.25, 0.3) is 5.91 Å². The summed E-state index contributed by atoms with van der Waals surface area (Å²) < 4.78 is 5.77. The van der Waals surface area contributed by atoms with Gasteiger partial charge in [-0.2, -0.15) is 0 Å². The molecule has 0 unspecified atom stereocenters. The SMILES string of the molecule is CN(C)c1ccc(COc2ccc(C(=O)N3CCCC3)cc2)cn1. The third-order valence-electron chi connectivity index (χ3n) is 4.17. The summed E-state index contributed by atoms with van der Waals surface area (Å²) in [6, 6.07) is 11.4.